The zero-order valence-electron chi connectivity index (χ0n) is 13.2. The maximum atomic E-state index is 12.2. The van der Waals surface area contributed by atoms with Crippen molar-refractivity contribution in [3.63, 3.8) is 0 Å². The first-order valence-corrected chi connectivity index (χ1v) is 6.99. The lowest BCUT2D eigenvalue weighted by Gasteiger charge is -2.14. The Hall–Kier alpha value is -2.50. The number of hydrogen-bond acceptors (Lipinski definition) is 5. The maximum absolute atomic E-state index is 12.2. The second kappa shape index (κ2) is 8.07. The van der Waals surface area contributed by atoms with Crippen molar-refractivity contribution in [1.82, 2.24) is 4.98 Å². The summed E-state index contributed by atoms with van der Waals surface area (Å²) in [5.74, 6) is -1.77. The van der Waals surface area contributed by atoms with E-state index in [1.54, 1.807) is 32.9 Å². The van der Waals surface area contributed by atoms with Crippen LogP contribution in [0, 0.1) is 5.92 Å². The summed E-state index contributed by atoms with van der Waals surface area (Å²) in [7, 11) is 0. The molecule has 1 aromatic rings. The third kappa shape index (κ3) is 4.51. The van der Waals surface area contributed by atoms with Gasteiger partial charge in [-0.05, 0) is 31.9 Å². The number of pyridine rings is 1. The minimum Gasteiger partial charge on any atom is -0.512 e. The van der Waals surface area contributed by atoms with Crippen LogP contribution in [-0.4, -0.2) is 34.3 Å². The number of allylic oxidation sites excluding steroid dienone is 1. The van der Waals surface area contributed by atoms with Crippen molar-refractivity contribution < 1.29 is 19.4 Å². The first-order chi connectivity index (χ1) is 10.4. The average Bonchev–Trinajstić information content (AvgIpc) is 2.47. The predicted molar refractivity (Wildman–Crippen MR) is 82.8 cm³/mol. The van der Waals surface area contributed by atoms with E-state index < -0.39 is 11.9 Å². The Morgan fingerprint density at radius 1 is 1.36 bits per heavy atom. The van der Waals surface area contributed by atoms with Gasteiger partial charge in [-0.1, -0.05) is 19.9 Å². The van der Waals surface area contributed by atoms with Gasteiger partial charge in [-0.25, -0.2) is 9.79 Å². The molecule has 0 aliphatic heterocycles. The molecule has 6 heteroatoms. The molecule has 0 unspecified atom stereocenters. The van der Waals surface area contributed by atoms with Crippen molar-refractivity contribution in [1.29, 1.82) is 0 Å². The van der Waals surface area contributed by atoms with Crippen LogP contribution < -0.4 is 0 Å². The minimum absolute atomic E-state index is 0.0823. The van der Waals surface area contributed by atoms with Gasteiger partial charge < -0.3 is 9.84 Å². The first kappa shape index (κ1) is 17.6. The van der Waals surface area contributed by atoms with E-state index in [9.17, 15) is 14.7 Å². The quantitative estimate of drug-likeness (QED) is 0.391. The van der Waals surface area contributed by atoms with Crippen LogP contribution in [0.5, 0.6) is 0 Å². The highest BCUT2D eigenvalue weighted by Crippen LogP contribution is 2.15. The van der Waals surface area contributed by atoms with Crippen LogP contribution in [0.1, 0.15) is 38.2 Å². The van der Waals surface area contributed by atoms with E-state index >= 15 is 0 Å². The van der Waals surface area contributed by atoms with Gasteiger partial charge in [0.15, 0.2) is 0 Å². The molecule has 1 aromatic heterocycles. The highest BCUT2D eigenvalue weighted by molar-refractivity contribution is 6.23. The summed E-state index contributed by atoms with van der Waals surface area (Å²) >= 11 is 0. The van der Waals surface area contributed by atoms with E-state index in [4.69, 9.17) is 4.74 Å². The molecular weight excluding hydrogens is 284 g/mol. The average molecular weight is 304 g/mol. The Labute approximate surface area is 129 Å². The van der Waals surface area contributed by atoms with Crippen LogP contribution in [0.25, 0.3) is 0 Å². The molecule has 0 spiro atoms. The monoisotopic (exact) mass is 304 g/mol. The van der Waals surface area contributed by atoms with Crippen molar-refractivity contribution in [3.8, 4) is 0 Å². The predicted octanol–water partition coefficient (Wildman–Crippen LogP) is 2.71. The SMILES string of the molecule is CCOC(=O)/C(C(=NC(=O)c1ccccn1)C(C)C)=C(\C)O. The normalized spacial score (nSPS) is 12.9. The van der Waals surface area contributed by atoms with Gasteiger partial charge in [0.1, 0.15) is 17.0 Å². The molecule has 1 N–H and O–H groups in total. The minimum atomic E-state index is -0.705. The lowest BCUT2D eigenvalue weighted by Crippen LogP contribution is -2.23. The first-order valence-electron chi connectivity index (χ1n) is 6.99. The van der Waals surface area contributed by atoms with Crippen LogP contribution in [0.2, 0.25) is 0 Å². The number of amides is 1. The van der Waals surface area contributed by atoms with Gasteiger partial charge in [0.05, 0.1) is 12.3 Å². The zero-order valence-corrected chi connectivity index (χ0v) is 13.2. The molecule has 0 aliphatic rings. The Morgan fingerprint density at radius 3 is 2.50 bits per heavy atom. The van der Waals surface area contributed by atoms with Gasteiger partial charge in [0.2, 0.25) is 0 Å². The summed E-state index contributed by atoms with van der Waals surface area (Å²) in [6.45, 7) is 6.72. The molecular formula is C16H20N2O4. The number of carbonyl (C=O) groups is 2. The fourth-order valence-electron chi connectivity index (χ4n) is 1.77. The van der Waals surface area contributed by atoms with Gasteiger partial charge in [-0.3, -0.25) is 9.78 Å². The van der Waals surface area contributed by atoms with Crippen LogP contribution in [0.15, 0.2) is 40.7 Å². The van der Waals surface area contributed by atoms with Crippen molar-refractivity contribution >= 4 is 17.6 Å². The lowest BCUT2D eigenvalue weighted by atomic mass is 9.98. The van der Waals surface area contributed by atoms with Crippen molar-refractivity contribution in [3.05, 3.63) is 41.4 Å². The van der Waals surface area contributed by atoms with E-state index in [0.717, 1.165) is 0 Å². The molecule has 0 bridgehead atoms. The van der Waals surface area contributed by atoms with Crippen molar-refractivity contribution in [2.24, 2.45) is 10.9 Å². The number of aromatic nitrogens is 1. The Balaban J connectivity index is 3.27. The number of rotatable bonds is 5. The van der Waals surface area contributed by atoms with Crippen LogP contribution in [0.3, 0.4) is 0 Å². The number of esters is 1. The second-order valence-electron chi connectivity index (χ2n) is 4.85. The Morgan fingerprint density at radius 2 is 2.05 bits per heavy atom. The number of nitrogens with zero attached hydrogens (tertiary/aromatic N) is 2. The van der Waals surface area contributed by atoms with Crippen molar-refractivity contribution in [2.75, 3.05) is 6.61 Å². The highest BCUT2D eigenvalue weighted by atomic mass is 16.5. The molecule has 0 radical (unpaired) electrons. The summed E-state index contributed by atoms with van der Waals surface area (Å²) in [5.41, 5.74) is 0.259. The van der Waals surface area contributed by atoms with E-state index in [2.05, 4.69) is 9.98 Å². The number of aliphatic imine (C=N–C) groups is 1. The zero-order chi connectivity index (χ0) is 16.7. The molecule has 0 atom stereocenters. The topological polar surface area (TPSA) is 88.9 Å². The third-order valence-electron chi connectivity index (χ3n) is 2.75. The third-order valence-corrected chi connectivity index (χ3v) is 2.75. The largest absolute Gasteiger partial charge is 0.512 e. The highest BCUT2D eigenvalue weighted by Gasteiger charge is 2.24. The fourth-order valence-corrected chi connectivity index (χ4v) is 1.77. The number of carbonyl (C=O) groups excluding carboxylic acids is 2. The van der Waals surface area contributed by atoms with E-state index in [-0.39, 0.29) is 35.3 Å². The van der Waals surface area contributed by atoms with E-state index in [1.165, 1.54) is 19.2 Å². The number of aliphatic hydroxyl groups is 1. The summed E-state index contributed by atoms with van der Waals surface area (Å²) in [6, 6.07) is 4.89. The second-order valence-corrected chi connectivity index (χ2v) is 4.85. The van der Waals surface area contributed by atoms with Crippen LogP contribution >= 0.6 is 0 Å². The molecule has 0 aliphatic carbocycles. The number of aliphatic hydroxyl groups excluding tert-OH is 1. The summed E-state index contributed by atoms with van der Waals surface area (Å²) in [4.78, 5) is 32.1. The molecule has 1 rings (SSSR count). The summed E-state index contributed by atoms with van der Waals surface area (Å²) in [5, 5.41) is 9.78. The summed E-state index contributed by atoms with van der Waals surface area (Å²) < 4.78 is 4.92. The standard InChI is InChI=1S/C16H20N2O4/c1-5-22-16(21)13(11(4)19)14(10(2)3)18-15(20)12-8-6-7-9-17-12/h6-10,19H,5H2,1-4H3/b13-11+,18-14?. The smallest absolute Gasteiger partial charge is 0.343 e. The van der Waals surface area contributed by atoms with Gasteiger partial charge in [0, 0.05) is 6.20 Å². The molecule has 1 heterocycles. The van der Waals surface area contributed by atoms with Crippen LogP contribution in [0.4, 0.5) is 0 Å². The van der Waals surface area contributed by atoms with E-state index in [0.29, 0.717) is 0 Å². The van der Waals surface area contributed by atoms with Gasteiger partial charge in [-0.2, -0.15) is 0 Å². The van der Waals surface area contributed by atoms with Gasteiger partial charge in [0.25, 0.3) is 5.91 Å². The Bertz CT molecular complexity index is 600. The van der Waals surface area contributed by atoms with E-state index in [1.807, 2.05) is 0 Å². The molecule has 0 saturated carbocycles. The Kier molecular flexibility index (Phi) is 6.44. The van der Waals surface area contributed by atoms with Gasteiger partial charge in [-0.15, -0.1) is 0 Å². The summed E-state index contributed by atoms with van der Waals surface area (Å²) in [6.07, 6.45) is 1.48. The van der Waals surface area contributed by atoms with Gasteiger partial charge >= 0.3 is 5.97 Å². The molecule has 118 valence electrons. The molecule has 0 saturated heterocycles. The molecule has 1 amide bonds. The molecule has 0 fully saturated rings. The number of hydrogen-bond donors (Lipinski definition) is 1. The molecule has 22 heavy (non-hydrogen) atoms. The van der Waals surface area contributed by atoms with Crippen molar-refractivity contribution in [2.45, 2.75) is 27.7 Å². The lowest BCUT2D eigenvalue weighted by molar-refractivity contribution is -0.138. The number of ether oxygens (including phenoxy) is 1. The molecule has 0 aromatic carbocycles. The fraction of sp³-hybridized carbons (Fsp3) is 0.375. The molecule has 6 nitrogen and oxygen atoms in total. The van der Waals surface area contributed by atoms with Crippen LogP contribution in [-0.2, 0) is 9.53 Å². The maximum Gasteiger partial charge on any atom is 0.343 e.